The van der Waals surface area contributed by atoms with E-state index in [-0.39, 0.29) is 17.4 Å². The number of carbonyl (C=O) groups excluding carboxylic acids is 2. The summed E-state index contributed by atoms with van der Waals surface area (Å²) in [6, 6.07) is 12.4. The fourth-order valence-electron chi connectivity index (χ4n) is 1.97. The molecule has 0 aromatic heterocycles. The maximum atomic E-state index is 11.8. The lowest BCUT2D eigenvalue weighted by Gasteiger charge is -2.11. The molecule has 0 heterocycles. The van der Waals surface area contributed by atoms with Gasteiger partial charge in [0.05, 0.1) is 9.95 Å². The van der Waals surface area contributed by atoms with Crippen LogP contribution < -0.4 is 20.9 Å². The molecular formula is C18H15ClN4O5S. The molecule has 0 radical (unpaired) electrons. The Kier molecular flexibility index (Phi) is 8.07. The second-order valence-corrected chi connectivity index (χ2v) is 6.21. The first kappa shape index (κ1) is 21.8. The van der Waals surface area contributed by atoms with Crippen molar-refractivity contribution in [2.75, 3.05) is 6.61 Å². The van der Waals surface area contributed by atoms with Crippen molar-refractivity contribution in [1.82, 2.24) is 16.2 Å². The molecule has 0 bridgehead atoms. The van der Waals surface area contributed by atoms with Crippen LogP contribution in [0.5, 0.6) is 5.75 Å². The van der Waals surface area contributed by atoms with Gasteiger partial charge >= 0.3 is 0 Å². The van der Waals surface area contributed by atoms with Crippen LogP contribution in [0.4, 0.5) is 5.69 Å². The van der Waals surface area contributed by atoms with Crippen molar-refractivity contribution >= 4 is 52.5 Å². The van der Waals surface area contributed by atoms with E-state index >= 15 is 0 Å². The Morgan fingerprint density at radius 2 is 1.93 bits per heavy atom. The summed E-state index contributed by atoms with van der Waals surface area (Å²) in [7, 11) is 0. The van der Waals surface area contributed by atoms with E-state index in [0.717, 1.165) is 6.08 Å². The standard InChI is InChI=1S/C18H15ClN4O5S/c19-14-6-1-2-7-15(14)28-11-17(25)21-22-18(29)20-16(24)9-8-12-4-3-5-13(10-12)23(26)27/h1-10H,11H2,(H,21,25)(H2,20,22,24,29)/b9-8+. The number of nitrogens with one attached hydrogen (secondary N) is 3. The van der Waals surface area contributed by atoms with E-state index in [9.17, 15) is 19.7 Å². The van der Waals surface area contributed by atoms with Crippen molar-refractivity contribution in [2.45, 2.75) is 0 Å². The molecule has 0 saturated carbocycles. The Hall–Kier alpha value is -3.50. The first-order valence-corrected chi connectivity index (χ1v) is 8.83. The van der Waals surface area contributed by atoms with Crippen molar-refractivity contribution in [1.29, 1.82) is 0 Å². The molecule has 0 aliphatic heterocycles. The molecule has 0 fully saturated rings. The smallest absolute Gasteiger partial charge is 0.276 e. The number of nitro benzene ring substituents is 1. The van der Waals surface area contributed by atoms with Crippen LogP contribution >= 0.6 is 23.8 Å². The molecule has 0 unspecified atom stereocenters. The zero-order chi connectivity index (χ0) is 21.2. The van der Waals surface area contributed by atoms with E-state index in [1.165, 1.54) is 24.3 Å². The Morgan fingerprint density at radius 3 is 2.66 bits per heavy atom. The molecule has 9 nitrogen and oxygen atoms in total. The third-order valence-corrected chi connectivity index (χ3v) is 3.77. The average molecular weight is 435 g/mol. The summed E-state index contributed by atoms with van der Waals surface area (Å²) in [5.41, 5.74) is 4.99. The molecule has 3 N–H and O–H groups in total. The topological polar surface area (TPSA) is 123 Å². The van der Waals surface area contributed by atoms with Gasteiger partial charge in [-0.1, -0.05) is 35.9 Å². The SMILES string of the molecule is O=C(/C=C/c1cccc([N+](=O)[O-])c1)NC(=S)NNC(=O)COc1ccccc1Cl. The van der Waals surface area contributed by atoms with Crippen LogP contribution in [0.15, 0.2) is 54.6 Å². The highest BCUT2D eigenvalue weighted by atomic mass is 35.5. The minimum Gasteiger partial charge on any atom is -0.482 e. The van der Waals surface area contributed by atoms with Crippen LogP contribution in [-0.2, 0) is 9.59 Å². The number of halogens is 1. The minimum atomic E-state index is -0.587. The lowest BCUT2D eigenvalue weighted by atomic mass is 10.2. The van der Waals surface area contributed by atoms with Crippen molar-refractivity contribution in [2.24, 2.45) is 0 Å². The number of hydrazine groups is 1. The van der Waals surface area contributed by atoms with Gasteiger partial charge < -0.3 is 4.74 Å². The number of hydrogen-bond acceptors (Lipinski definition) is 6. The summed E-state index contributed by atoms with van der Waals surface area (Å²) in [5, 5.41) is 13.3. The monoisotopic (exact) mass is 434 g/mol. The van der Waals surface area contributed by atoms with Crippen LogP contribution in [0.2, 0.25) is 5.02 Å². The van der Waals surface area contributed by atoms with Crippen molar-refractivity contribution < 1.29 is 19.2 Å². The highest BCUT2D eigenvalue weighted by Crippen LogP contribution is 2.22. The Morgan fingerprint density at radius 1 is 1.17 bits per heavy atom. The molecule has 0 aliphatic carbocycles. The number of para-hydroxylation sites is 1. The van der Waals surface area contributed by atoms with Crippen LogP contribution in [0.1, 0.15) is 5.56 Å². The molecule has 2 aromatic rings. The molecular weight excluding hydrogens is 420 g/mol. The number of nitrogens with zero attached hydrogens (tertiary/aromatic N) is 1. The largest absolute Gasteiger partial charge is 0.482 e. The number of benzene rings is 2. The first-order valence-electron chi connectivity index (χ1n) is 8.05. The van der Waals surface area contributed by atoms with Gasteiger partial charge in [-0.2, -0.15) is 0 Å². The lowest BCUT2D eigenvalue weighted by Crippen LogP contribution is -2.49. The van der Waals surface area contributed by atoms with E-state index in [4.69, 9.17) is 28.6 Å². The number of amides is 2. The predicted octanol–water partition coefficient (Wildman–Crippen LogP) is 2.36. The van der Waals surface area contributed by atoms with Crippen LogP contribution in [-0.4, -0.2) is 28.5 Å². The molecule has 150 valence electrons. The average Bonchev–Trinajstić information content (AvgIpc) is 2.70. The second-order valence-electron chi connectivity index (χ2n) is 5.40. The zero-order valence-corrected chi connectivity index (χ0v) is 16.3. The molecule has 2 rings (SSSR count). The molecule has 29 heavy (non-hydrogen) atoms. The molecule has 11 heteroatoms. The van der Waals surface area contributed by atoms with Gasteiger partial charge in [0.2, 0.25) is 5.91 Å². The Balaban J connectivity index is 1.74. The van der Waals surface area contributed by atoms with Gasteiger partial charge in [0, 0.05) is 18.2 Å². The normalized spacial score (nSPS) is 10.2. The van der Waals surface area contributed by atoms with Gasteiger partial charge in [0.15, 0.2) is 11.7 Å². The summed E-state index contributed by atoms with van der Waals surface area (Å²) in [6.45, 7) is -0.319. The molecule has 0 saturated heterocycles. The third-order valence-electron chi connectivity index (χ3n) is 3.26. The van der Waals surface area contributed by atoms with E-state index < -0.39 is 16.7 Å². The van der Waals surface area contributed by atoms with Gasteiger partial charge in [-0.05, 0) is 36.0 Å². The fourth-order valence-corrected chi connectivity index (χ4v) is 2.31. The number of ether oxygens (including phenoxy) is 1. The fraction of sp³-hybridized carbons (Fsp3) is 0.0556. The lowest BCUT2D eigenvalue weighted by molar-refractivity contribution is -0.384. The molecule has 2 amide bonds. The number of non-ortho nitro benzene ring substituents is 1. The molecule has 0 atom stereocenters. The van der Waals surface area contributed by atoms with Gasteiger partial charge in [0.1, 0.15) is 5.75 Å². The predicted molar refractivity (Wildman–Crippen MR) is 111 cm³/mol. The number of hydrogen-bond donors (Lipinski definition) is 3. The highest BCUT2D eigenvalue weighted by molar-refractivity contribution is 7.80. The summed E-state index contributed by atoms with van der Waals surface area (Å²) in [5.74, 6) is -0.782. The van der Waals surface area contributed by atoms with Gasteiger partial charge in [-0.3, -0.25) is 35.9 Å². The molecule has 0 aliphatic rings. The maximum absolute atomic E-state index is 11.8. The Bertz CT molecular complexity index is 967. The molecule has 0 spiro atoms. The number of thiocarbonyl (C=S) groups is 1. The van der Waals surface area contributed by atoms with Crippen molar-refractivity contribution in [3.63, 3.8) is 0 Å². The summed E-state index contributed by atoms with van der Waals surface area (Å²) >= 11 is 10.8. The van der Waals surface area contributed by atoms with Crippen LogP contribution in [0.25, 0.3) is 6.08 Å². The summed E-state index contributed by atoms with van der Waals surface area (Å²) < 4.78 is 5.25. The van der Waals surface area contributed by atoms with Gasteiger partial charge in [-0.25, -0.2) is 0 Å². The van der Waals surface area contributed by atoms with Crippen LogP contribution in [0, 0.1) is 10.1 Å². The second kappa shape index (κ2) is 10.7. The first-order chi connectivity index (χ1) is 13.8. The zero-order valence-electron chi connectivity index (χ0n) is 14.8. The molecule has 2 aromatic carbocycles. The number of carbonyl (C=O) groups is 2. The summed E-state index contributed by atoms with van der Waals surface area (Å²) in [6.07, 6.45) is 2.54. The summed E-state index contributed by atoms with van der Waals surface area (Å²) in [4.78, 5) is 33.8. The van der Waals surface area contributed by atoms with Crippen LogP contribution in [0.3, 0.4) is 0 Å². The Labute approximate surface area is 175 Å². The minimum absolute atomic E-state index is 0.0912. The highest BCUT2D eigenvalue weighted by Gasteiger charge is 2.07. The van der Waals surface area contributed by atoms with E-state index in [2.05, 4.69) is 16.2 Å². The van der Waals surface area contributed by atoms with E-state index in [1.54, 1.807) is 30.3 Å². The number of nitro groups is 1. The van der Waals surface area contributed by atoms with Gasteiger partial charge in [0.25, 0.3) is 11.6 Å². The third kappa shape index (κ3) is 7.56. The maximum Gasteiger partial charge on any atom is 0.276 e. The van der Waals surface area contributed by atoms with Crippen molar-refractivity contribution in [3.8, 4) is 5.75 Å². The number of rotatable bonds is 6. The quantitative estimate of drug-likeness (QED) is 0.276. The van der Waals surface area contributed by atoms with Gasteiger partial charge in [-0.15, -0.1) is 0 Å². The van der Waals surface area contributed by atoms with Crippen molar-refractivity contribution in [3.05, 3.63) is 75.3 Å². The van der Waals surface area contributed by atoms with E-state index in [1.807, 2.05) is 0 Å². The van der Waals surface area contributed by atoms with E-state index in [0.29, 0.717) is 16.3 Å².